The minimum Gasteiger partial charge on any atom is -0.390 e. The van der Waals surface area contributed by atoms with Crippen LogP contribution in [0.3, 0.4) is 0 Å². The fourth-order valence-electron chi connectivity index (χ4n) is 1.88. The molecule has 0 bridgehead atoms. The number of anilines is 1. The van der Waals surface area contributed by atoms with Gasteiger partial charge < -0.3 is 15.0 Å². The number of aryl methyl sites for hydroxylation is 1. The Morgan fingerprint density at radius 3 is 2.89 bits per heavy atom. The van der Waals surface area contributed by atoms with Gasteiger partial charge in [-0.2, -0.15) is 0 Å². The van der Waals surface area contributed by atoms with Crippen molar-refractivity contribution >= 4 is 17.3 Å². The molecule has 2 N–H and O–H groups in total. The molecule has 0 saturated heterocycles. The quantitative estimate of drug-likeness (QED) is 0.820. The Morgan fingerprint density at radius 2 is 2.26 bits per heavy atom. The van der Waals surface area contributed by atoms with Gasteiger partial charge in [-0.1, -0.05) is 12.1 Å². The maximum atomic E-state index is 9.49. The average molecular weight is 281 g/mol. The molecule has 0 aliphatic carbocycles. The van der Waals surface area contributed by atoms with Gasteiger partial charge in [0.15, 0.2) is 5.82 Å². The van der Waals surface area contributed by atoms with Crippen LogP contribution in [0.2, 0.25) is 0 Å². The van der Waals surface area contributed by atoms with E-state index >= 15 is 0 Å². The van der Waals surface area contributed by atoms with E-state index in [1.54, 1.807) is 6.33 Å². The van der Waals surface area contributed by atoms with Crippen molar-refractivity contribution in [1.29, 1.82) is 0 Å². The summed E-state index contributed by atoms with van der Waals surface area (Å²) >= 11 is 5.58. The Labute approximate surface area is 117 Å². The van der Waals surface area contributed by atoms with E-state index in [0.29, 0.717) is 6.54 Å². The van der Waals surface area contributed by atoms with E-state index in [4.69, 9.17) is 11.6 Å². The number of hydrogen-bond donors (Lipinski definition) is 2. The van der Waals surface area contributed by atoms with Crippen LogP contribution in [0.1, 0.15) is 5.56 Å². The summed E-state index contributed by atoms with van der Waals surface area (Å²) in [6.07, 6.45) is 1.12. The first-order chi connectivity index (χ1) is 9.13. The minimum atomic E-state index is -0.556. The van der Waals surface area contributed by atoms with Gasteiger partial charge in [0.2, 0.25) is 0 Å². The van der Waals surface area contributed by atoms with E-state index in [0.717, 1.165) is 22.6 Å². The third-order valence-corrected chi connectivity index (χ3v) is 3.35. The van der Waals surface area contributed by atoms with Gasteiger partial charge in [-0.25, -0.2) is 0 Å². The predicted molar refractivity (Wildman–Crippen MR) is 76.4 cm³/mol. The van der Waals surface area contributed by atoms with Crippen molar-refractivity contribution in [3.05, 3.63) is 30.1 Å². The molecule has 1 unspecified atom stereocenters. The summed E-state index contributed by atoms with van der Waals surface area (Å²) in [5, 5.41) is 20.7. The molecule has 102 valence electrons. The molecule has 0 saturated carbocycles. The predicted octanol–water partition coefficient (Wildman–Crippen LogP) is 1.80. The lowest BCUT2D eigenvalue weighted by atomic mass is 10.1. The summed E-state index contributed by atoms with van der Waals surface area (Å²) < 4.78 is 1.87. The highest BCUT2D eigenvalue weighted by Gasteiger charge is 2.11. The number of halogens is 1. The number of rotatable bonds is 5. The second kappa shape index (κ2) is 6.04. The van der Waals surface area contributed by atoms with Crippen LogP contribution in [-0.2, 0) is 7.05 Å². The Bertz CT molecular complexity index is 555. The van der Waals surface area contributed by atoms with Crippen LogP contribution in [0.5, 0.6) is 0 Å². The van der Waals surface area contributed by atoms with Crippen molar-refractivity contribution in [2.24, 2.45) is 7.05 Å². The van der Waals surface area contributed by atoms with E-state index in [-0.39, 0.29) is 5.88 Å². The molecule has 0 fully saturated rings. The molecule has 1 aromatic heterocycles. The van der Waals surface area contributed by atoms with Gasteiger partial charge in [-0.3, -0.25) is 0 Å². The number of alkyl halides is 1. The van der Waals surface area contributed by atoms with E-state index in [1.807, 2.05) is 36.7 Å². The molecule has 0 aliphatic rings. The van der Waals surface area contributed by atoms with Crippen molar-refractivity contribution in [1.82, 2.24) is 14.8 Å². The Balaban J connectivity index is 2.26. The fourth-order valence-corrected chi connectivity index (χ4v) is 1.99. The van der Waals surface area contributed by atoms with Gasteiger partial charge in [0, 0.05) is 24.8 Å². The minimum absolute atomic E-state index is 0.217. The van der Waals surface area contributed by atoms with Gasteiger partial charge in [0.1, 0.15) is 6.33 Å². The molecule has 1 heterocycles. The molecule has 2 rings (SSSR count). The highest BCUT2D eigenvalue weighted by molar-refractivity contribution is 6.18. The molecular formula is C13H17ClN4O. The summed E-state index contributed by atoms with van der Waals surface area (Å²) in [4.78, 5) is 0. The van der Waals surface area contributed by atoms with Crippen LogP contribution in [-0.4, -0.2) is 38.4 Å². The maximum Gasteiger partial charge on any atom is 0.163 e. The largest absolute Gasteiger partial charge is 0.390 e. The number of nitrogens with zero attached hydrogens (tertiary/aromatic N) is 3. The number of aromatic nitrogens is 3. The molecule has 5 nitrogen and oxygen atoms in total. The van der Waals surface area contributed by atoms with Crippen LogP contribution in [0, 0.1) is 6.92 Å². The van der Waals surface area contributed by atoms with Gasteiger partial charge in [0.25, 0.3) is 0 Å². The summed E-state index contributed by atoms with van der Waals surface area (Å²) in [6.45, 7) is 2.44. The Hall–Kier alpha value is -1.59. The van der Waals surface area contributed by atoms with Crippen molar-refractivity contribution < 1.29 is 5.11 Å². The topological polar surface area (TPSA) is 63.0 Å². The lowest BCUT2D eigenvalue weighted by molar-refractivity contribution is 0.211. The van der Waals surface area contributed by atoms with Crippen molar-refractivity contribution in [3.8, 4) is 11.4 Å². The first-order valence-electron chi connectivity index (χ1n) is 6.05. The van der Waals surface area contributed by atoms with E-state index in [1.165, 1.54) is 0 Å². The van der Waals surface area contributed by atoms with Crippen LogP contribution in [0.25, 0.3) is 11.4 Å². The van der Waals surface area contributed by atoms with Crippen LogP contribution < -0.4 is 5.32 Å². The molecule has 0 radical (unpaired) electrons. The number of benzene rings is 1. The normalized spacial score (nSPS) is 12.4. The smallest absolute Gasteiger partial charge is 0.163 e. The molecule has 1 aromatic carbocycles. The van der Waals surface area contributed by atoms with Gasteiger partial charge in [-0.05, 0) is 18.6 Å². The number of aliphatic hydroxyl groups is 1. The summed E-state index contributed by atoms with van der Waals surface area (Å²) in [5.41, 5.74) is 3.05. The van der Waals surface area contributed by atoms with Crippen molar-refractivity contribution in [2.75, 3.05) is 17.7 Å². The first kappa shape index (κ1) is 13.8. The zero-order chi connectivity index (χ0) is 13.8. The van der Waals surface area contributed by atoms with Crippen molar-refractivity contribution in [3.63, 3.8) is 0 Å². The van der Waals surface area contributed by atoms with Crippen LogP contribution in [0.15, 0.2) is 24.5 Å². The second-order valence-electron chi connectivity index (χ2n) is 4.43. The lowest BCUT2D eigenvalue weighted by Crippen LogP contribution is -2.21. The summed E-state index contributed by atoms with van der Waals surface area (Å²) in [5.74, 6) is 1.04. The SMILES string of the molecule is Cc1c(NCC(O)CCl)cccc1-c1nncn1C. The van der Waals surface area contributed by atoms with Gasteiger partial charge >= 0.3 is 0 Å². The van der Waals surface area contributed by atoms with Gasteiger partial charge in [-0.15, -0.1) is 21.8 Å². The number of aliphatic hydroxyl groups excluding tert-OH is 1. The fraction of sp³-hybridized carbons (Fsp3) is 0.385. The highest BCUT2D eigenvalue weighted by atomic mass is 35.5. The molecule has 2 aromatic rings. The lowest BCUT2D eigenvalue weighted by Gasteiger charge is -2.14. The molecule has 19 heavy (non-hydrogen) atoms. The summed E-state index contributed by atoms with van der Waals surface area (Å²) in [7, 11) is 1.91. The monoisotopic (exact) mass is 280 g/mol. The van der Waals surface area contributed by atoms with Crippen molar-refractivity contribution in [2.45, 2.75) is 13.0 Å². The van der Waals surface area contributed by atoms with E-state index < -0.39 is 6.10 Å². The average Bonchev–Trinajstić information content (AvgIpc) is 2.83. The summed E-state index contributed by atoms with van der Waals surface area (Å²) in [6, 6.07) is 5.92. The third-order valence-electron chi connectivity index (χ3n) is 2.99. The highest BCUT2D eigenvalue weighted by Crippen LogP contribution is 2.26. The molecule has 6 heteroatoms. The molecular weight excluding hydrogens is 264 g/mol. The van der Waals surface area contributed by atoms with Crippen LogP contribution in [0.4, 0.5) is 5.69 Å². The Morgan fingerprint density at radius 1 is 1.47 bits per heavy atom. The standard InChI is InChI=1S/C13H17ClN4O/c1-9-11(13-17-16-8-18(13)2)4-3-5-12(9)15-7-10(19)6-14/h3-5,8,10,15,19H,6-7H2,1-2H3. The number of nitrogens with one attached hydrogen (secondary N) is 1. The van der Waals surface area contributed by atoms with E-state index in [2.05, 4.69) is 15.5 Å². The molecule has 0 aliphatic heterocycles. The first-order valence-corrected chi connectivity index (χ1v) is 6.58. The molecule has 1 atom stereocenters. The number of hydrogen-bond acceptors (Lipinski definition) is 4. The van der Waals surface area contributed by atoms with Crippen LogP contribution >= 0.6 is 11.6 Å². The Kier molecular flexibility index (Phi) is 4.39. The van der Waals surface area contributed by atoms with E-state index in [9.17, 15) is 5.11 Å². The molecule has 0 amide bonds. The molecule has 0 spiro atoms. The zero-order valence-corrected chi connectivity index (χ0v) is 11.7. The third kappa shape index (κ3) is 3.05. The maximum absolute atomic E-state index is 9.49. The second-order valence-corrected chi connectivity index (χ2v) is 4.74. The van der Waals surface area contributed by atoms with Gasteiger partial charge in [0.05, 0.1) is 12.0 Å². The zero-order valence-electron chi connectivity index (χ0n) is 11.0.